The first-order valence-corrected chi connectivity index (χ1v) is 17.0. The maximum absolute atomic E-state index is 13.9. The lowest BCUT2D eigenvalue weighted by Gasteiger charge is -2.28. The van der Waals surface area contributed by atoms with Crippen LogP contribution in [0.4, 0.5) is 16.2 Å². The van der Waals surface area contributed by atoms with Gasteiger partial charge < -0.3 is 41.3 Å². The summed E-state index contributed by atoms with van der Waals surface area (Å²) in [6.45, 7) is 4.32. The standard InChI is InChI=1S/C29H34N4O5.C7H17NO5/c1-29(2,3)24(34)17-32-23-15-8-7-14-22(23)26(19-10-5-4-6-11-19)31-33(28(32)38)18-25(35)30-21-13-9-12-20(16-21)27(36)37;1-8-2-4(10)6(12)7(13)5(11)3-9/h7-9,12-16,19H,4-6,10-11,17-18H2,1-3H3,(H,30,35)(H,36,37);4-13H,2-3H2,1H3/t;4-,5+,6+,7+/m.0/s1. The molecule has 1 heterocycles. The second kappa shape index (κ2) is 18.8. The number of para-hydroxylation sites is 1. The molecule has 8 N–H and O–H groups in total. The molecule has 15 nitrogen and oxygen atoms in total. The number of benzene rings is 2. The number of nitrogens with zero attached hydrogens (tertiary/aromatic N) is 3. The second-order valence-corrected chi connectivity index (χ2v) is 13.7. The number of fused-ring (bicyclic) bond motifs is 1. The van der Waals surface area contributed by atoms with Gasteiger partial charge in [-0.05, 0) is 44.2 Å². The number of hydrazone groups is 1. The smallest absolute Gasteiger partial charge is 0.345 e. The molecule has 2 aromatic carbocycles. The molecule has 0 saturated heterocycles. The average molecular weight is 714 g/mol. The van der Waals surface area contributed by atoms with Crippen molar-refractivity contribution in [2.75, 3.05) is 43.5 Å². The number of nitrogens with one attached hydrogen (secondary N) is 2. The van der Waals surface area contributed by atoms with Crippen LogP contribution in [0.5, 0.6) is 0 Å². The summed E-state index contributed by atoms with van der Waals surface area (Å²) in [4.78, 5) is 52.7. The van der Waals surface area contributed by atoms with Crippen molar-refractivity contribution in [3.05, 3.63) is 59.7 Å². The van der Waals surface area contributed by atoms with E-state index in [2.05, 4.69) is 10.6 Å². The molecule has 2 aliphatic rings. The number of aliphatic hydroxyl groups is 5. The fourth-order valence-corrected chi connectivity index (χ4v) is 5.67. The van der Waals surface area contributed by atoms with Crippen LogP contribution in [-0.2, 0) is 9.59 Å². The maximum atomic E-state index is 13.9. The first kappa shape index (κ1) is 41.2. The summed E-state index contributed by atoms with van der Waals surface area (Å²) in [5.41, 5.74) is 1.83. The largest absolute Gasteiger partial charge is 0.478 e. The number of carbonyl (C=O) groups is 4. The third-order valence-electron chi connectivity index (χ3n) is 8.71. The molecule has 0 bridgehead atoms. The lowest BCUT2D eigenvalue weighted by atomic mass is 9.83. The van der Waals surface area contributed by atoms with Crippen LogP contribution in [0.3, 0.4) is 0 Å². The van der Waals surface area contributed by atoms with E-state index in [0.717, 1.165) is 48.4 Å². The SMILES string of the molecule is CC(C)(C)C(=O)CN1C(=O)N(CC(=O)Nc2cccc(C(=O)O)c2)N=C(C2CCCCC2)c2ccccc21.CNC[C@H](O)[C@@H](O)[C@H](O)[C@H](O)CO. The van der Waals surface area contributed by atoms with E-state index in [1.807, 2.05) is 45.0 Å². The number of aromatic carboxylic acids is 1. The number of hydrogen-bond acceptors (Lipinski definition) is 11. The Kier molecular flexibility index (Phi) is 15.2. The molecule has 51 heavy (non-hydrogen) atoms. The number of anilines is 2. The molecule has 1 aliphatic heterocycles. The van der Waals surface area contributed by atoms with E-state index in [0.29, 0.717) is 11.4 Å². The first-order valence-electron chi connectivity index (χ1n) is 17.0. The zero-order valence-corrected chi connectivity index (χ0v) is 29.5. The number of carboxylic acid groups (broad SMARTS) is 1. The van der Waals surface area contributed by atoms with E-state index in [4.69, 9.17) is 25.5 Å². The van der Waals surface area contributed by atoms with Crippen LogP contribution < -0.4 is 15.5 Å². The first-order chi connectivity index (χ1) is 24.1. The highest BCUT2D eigenvalue weighted by molar-refractivity contribution is 6.13. The molecule has 280 valence electrons. The molecular weight excluding hydrogens is 662 g/mol. The maximum Gasteiger partial charge on any atom is 0.345 e. The van der Waals surface area contributed by atoms with Gasteiger partial charge in [-0.1, -0.05) is 64.3 Å². The Labute approximate surface area is 297 Å². The van der Waals surface area contributed by atoms with Crippen LogP contribution >= 0.6 is 0 Å². The number of carbonyl (C=O) groups excluding carboxylic acids is 3. The topological polar surface area (TPSA) is 233 Å². The lowest BCUT2D eigenvalue weighted by Crippen LogP contribution is -2.48. The molecular formula is C36H51N5O10. The molecule has 0 unspecified atom stereocenters. The fourth-order valence-electron chi connectivity index (χ4n) is 5.67. The number of Topliss-reactive ketones (excluding diaryl/α,β-unsaturated/α-hetero) is 1. The van der Waals surface area contributed by atoms with Crippen LogP contribution in [0.25, 0.3) is 0 Å². The van der Waals surface area contributed by atoms with Crippen molar-refractivity contribution >= 4 is 40.8 Å². The number of urea groups is 1. The minimum absolute atomic E-state index is 0.0357. The Bertz CT molecular complexity index is 1540. The van der Waals surface area contributed by atoms with Crippen molar-refractivity contribution in [2.45, 2.75) is 77.3 Å². The number of likely N-dealkylation sites (N-methyl/N-ethyl adjacent to an activating group) is 1. The van der Waals surface area contributed by atoms with Crippen LogP contribution in [0.2, 0.25) is 0 Å². The fraction of sp³-hybridized carbons (Fsp3) is 0.528. The van der Waals surface area contributed by atoms with Gasteiger partial charge in [0.15, 0.2) is 5.78 Å². The predicted molar refractivity (Wildman–Crippen MR) is 191 cm³/mol. The van der Waals surface area contributed by atoms with Crippen LogP contribution in [0.15, 0.2) is 53.6 Å². The number of carboxylic acids is 1. The van der Waals surface area contributed by atoms with Gasteiger partial charge in [-0.25, -0.2) is 14.6 Å². The summed E-state index contributed by atoms with van der Waals surface area (Å²) in [6.07, 6.45) is -0.503. The molecule has 3 amide bonds. The monoisotopic (exact) mass is 713 g/mol. The van der Waals surface area contributed by atoms with Crippen molar-refractivity contribution in [2.24, 2.45) is 16.4 Å². The van der Waals surface area contributed by atoms with E-state index in [-0.39, 0.29) is 36.9 Å². The molecule has 0 aromatic heterocycles. The third kappa shape index (κ3) is 11.4. The Morgan fingerprint density at radius 1 is 0.922 bits per heavy atom. The number of ketones is 1. The lowest BCUT2D eigenvalue weighted by molar-refractivity contribution is -0.124. The van der Waals surface area contributed by atoms with Crippen molar-refractivity contribution in [3.63, 3.8) is 0 Å². The highest BCUT2D eigenvalue weighted by Crippen LogP contribution is 2.34. The Morgan fingerprint density at radius 3 is 2.18 bits per heavy atom. The van der Waals surface area contributed by atoms with E-state index in [9.17, 15) is 29.4 Å². The van der Waals surface area contributed by atoms with Gasteiger partial charge in [0.2, 0.25) is 5.91 Å². The predicted octanol–water partition coefficient (Wildman–Crippen LogP) is 1.81. The van der Waals surface area contributed by atoms with Gasteiger partial charge in [-0.2, -0.15) is 5.10 Å². The molecule has 0 spiro atoms. The summed E-state index contributed by atoms with van der Waals surface area (Å²) in [7, 11) is 1.57. The minimum atomic E-state index is -1.55. The Hall–Kier alpha value is -4.25. The molecule has 1 fully saturated rings. The van der Waals surface area contributed by atoms with Gasteiger partial charge in [0.25, 0.3) is 0 Å². The van der Waals surface area contributed by atoms with Crippen LogP contribution in [0, 0.1) is 11.3 Å². The van der Waals surface area contributed by atoms with E-state index in [1.165, 1.54) is 23.1 Å². The van der Waals surface area contributed by atoms with Gasteiger partial charge in [-0.15, -0.1) is 0 Å². The second-order valence-electron chi connectivity index (χ2n) is 13.7. The highest BCUT2D eigenvalue weighted by atomic mass is 16.4. The average Bonchev–Trinajstić information content (AvgIpc) is 3.21. The van der Waals surface area contributed by atoms with E-state index < -0.39 is 54.3 Å². The minimum Gasteiger partial charge on any atom is -0.478 e. The molecule has 0 radical (unpaired) electrons. The summed E-state index contributed by atoms with van der Waals surface area (Å²) in [5, 5.41) is 65.3. The summed E-state index contributed by atoms with van der Waals surface area (Å²) < 4.78 is 0. The molecule has 1 aliphatic carbocycles. The van der Waals surface area contributed by atoms with Gasteiger partial charge in [-0.3, -0.25) is 14.5 Å². The normalized spacial score (nSPS) is 17.5. The van der Waals surface area contributed by atoms with Crippen molar-refractivity contribution in [1.82, 2.24) is 10.3 Å². The van der Waals surface area contributed by atoms with E-state index in [1.54, 1.807) is 13.1 Å². The number of rotatable bonds is 13. The zero-order chi connectivity index (χ0) is 37.9. The molecule has 4 rings (SSSR count). The van der Waals surface area contributed by atoms with Gasteiger partial charge in [0.1, 0.15) is 24.9 Å². The molecule has 4 atom stereocenters. The summed E-state index contributed by atoms with van der Waals surface area (Å²) in [6, 6.07) is 12.8. The van der Waals surface area contributed by atoms with E-state index >= 15 is 0 Å². The third-order valence-corrected chi connectivity index (χ3v) is 8.71. The Morgan fingerprint density at radius 2 is 1.57 bits per heavy atom. The Balaban J connectivity index is 0.000000460. The molecule has 2 aromatic rings. The summed E-state index contributed by atoms with van der Waals surface area (Å²) in [5.74, 6) is -1.62. The van der Waals surface area contributed by atoms with Gasteiger partial charge >= 0.3 is 12.0 Å². The zero-order valence-electron chi connectivity index (χ0n) is 29.5. The number of amides is 3. The summed E-state index contributed by atoms with van der Waals surface area (Å²) >= 11 is 0. The van der Waals surface area contributed by atoms with Crippen LogP contribution in [-0.4, -0.2) is 123 Å². The van der Waals surface area contributed by atoms with Crippen molar-refractivity contribution in [1.29, 1.82) is 0 Å². The van der Waals surface area contributed by atoms with Crippen molar-refractivity contribution < 1.29 is 49.8 Å². The number of aliphatic hydroxyl groups excluding tert-OH is 5. The highest BCUT2D eigenvalue weighted by Gasteiger charge is 2.36. The number of hydrogen-bond donors (Lipinski definition) is 8. The quantitative estimate of drug-likeness (QED) is 0.149. The van der Waals surface area contributed by atoms with Crippen LogP contribution in [0.1, 0.15) is 68.8 Å². The van der Waals surface area contributed by atoms with Gasteiger partial charge in [0.05, 0.1) is 36.2 Å². The molecule has 15 heteroatoms. The molecule has 1 saturated carbocycles. The van der Waals surface area contributed by atoms with Crippen molar-refractivity contribution in [3.8, 4) is 0 Å². The van der Waals surface area contributed by atoms with Gasteiger partial charge in [0, 0.05) is 29.1 Å².